The van der Waals surface area contributed by atoms with Crippen molar-refractivity contribution in [3.05, 3.63) is 47.1 Å². The van der Waals surface area contributed by atoms with Crippen molar-refractivity contribution in [2.45, 2.75) is 20.8 Å². The molecule has 0 N–H and O–H groups in total. The lowest BCUT2D eigenvalue weighted by molar-refractivity contribution is -0.121. The molecule has 0 bridgehead atoms. The average molecular weight is 310 g/mol. The highest BCUT2D eigenvalue weighted by Gasteiger charge is 2.34. The zero-order valence-electron chi connectivity index (χ0n) is 12.9. The molecule has 6 heteroatoms. The molecule has 0 aliphatic carbocycles. The Morgan fingerprint density at radius 1 is 0.696 bits per heavy atom. The number of amides is 4. The minimum atomic E-state index is -0.430. The maximum atomic E-state index is 12.2. The van der Waals surface area contributed by atoms with E-state index in [-0.39, 0.29) is 0 Å². The van der Waals surface area contributed by atoms with Gasteiger partial charge in [-0.3, -0.25) is 19.2 Å². The summed E-state index contributed by atoms with van der Waals surface area (Å²) in [5.41, 5.74) is 1.96. The summed E-state index contributed by atoms with van der Waals surface area (Å²) in [5.74, 6) is -1.66. The Morgan fingerprint density at radius 3 is 1.39 bits per heavy atom. The molecule has 0 aromatic heterocycles. The maximum absolute atomic E-state index is 12.2. The van der Waals surface area contributed by atoms with Crippen LogP contribution < -0.4 is 9.80 Å². The molecule has 3 rings (SSSR count). The maximum Gasteiger partial charge on any atom is 0.261 e. The molecule has 2 aliphatic heterocycles. The summed E-state index contributed by atoms with van der Waals surface area (Å²) in [4.78, 5) is 50.5. The third kappa shape index (κ3) is 2.11. The van der Waals surface area contributed by atoms with Crippen LogP contribution in [0.25, 0.3) is 0 Å². The Hall–Kier alpha value is -3.02. The van der Waals surface area contributed by atoms with Crippen LogP contribution in [0.4, 0.5) is 11.4 Å². The number of rotatable bonds is 2. The molecule has 0 radical (unpaired) electrons. The molecule has 0 spiro atoms. The molecule has 1 aromatic rings. The molecule has 0 unspecified atom stereocenters. The second-order valence-corrected chi connectivity index (χ2v) is 5.53. The number of anilines is 2. The molecule has 2 aliphatic rings. The topological polar surface area (TPSA) is 74.8 Å². The molecule has 2 heterocycles. The van der Waals surface area contributed by atoms with Crippen molar-refractivity contribution in [2.75, 3.05) is 9.80 Å². The van der Waals surface area contributed by atoms with E-state index in [4.69, 9.17) is 0 Å². The van der Waals surface area contributed by atoms with Crippen LogP contribution in [0.1, 0.15) is 19.4 Å². The molecule has 6 nitrogen and oxygen atoms in total. The van der Waals surface area contributed by atoms with Crippen molar-refractivity contribution in [2.24, 2.45) is 0 Å². The van der Waals surface area contributed by atoms with Crippen molar-refractivity contribution in [3.63, 3.8) is 0 Å². The van der Waals surface area contributed by atoms with E-state index in [0.29, 0.717) is 28.1 Å². The lowest BCUT2D eigenvalue weighted by Crippen LogP contribution is -2.34. The van der Waals surface area contributed by atoms with Crippen molar-refractivity contribution in [3.8, 4) is 0 Å². The summed E-state index contributed by atoms with van der Waals surface area (Å²) in [7, 11) is 0. The highest BCUT2D eigenvalue weighted by molar-refractivity contribution is 6.32. The summed E-state index contributed by atoms with van der Waals surface area (Å²) in [6, 6.07) is 4.85. The lowest BCUT2D eigenvalue weighted by Gasteiger charge is -2.22. The van der Waals surface area contributed by atoms with Crippen LogP contribution in [-0.4, -0.2) is 23.6 Å². The normalized spacial score (nSPS) is 18.0. The summed E-state index contributed by atoms with van der Waals surface area (Å²) in [5, 5.41) is 0. The average Bonchev–Trinajstić information content (AvgIpc) is 2.88. The predicted octanol–water partition coefficient (Wildman–Crippen LogP) is 1.63. The minimum Gasteiger partial charge on any atom is -0.269 e. The van der Waals surface area contributed by atoms with Gasteiger partial charge in [0.1, 0.15) is 0 Å². The Balaban J connectivity index is 2.08. The van der Waals surface area contributed by atoms with Gasteiger partial charge in [0.05, 0.1) is 11.4 Å². The Labute approximate surface area is 132 Å². The number of benzene rings is 1. The molecular weight excluding hydrogens is 296 g/mol. The standard InChI is InChI=1S/C17H14N2O4/c1-9-7-14(20)18(16(9)22)12-5-4-6-13(11(12)3)19-15(21)8-10(2)17(19)23/h4-8H,1-3H3. The van der Waals surface area contributed by atoms with E-state index in [1.165, 1.54) is 12.2 Å². The SMILES string of the molecule is CC1=CC(=O)N(c2cccc(N3C(=O)C=C(C)C3=O)c2C)C1=O. The zero-order chi connectivity index (χ0) is 16.9. The van der Waals surface area contributed by atoms with Gasteiger partial charge in [-0.25, -0.2) is 9.80 Å². The van der Waals surface area contributed by atoms with Crippen LogP contribution in [0.2, 0.25) is 0 Å². The fourth-order valence-corrected chi connectivity index (χ4v) is 2.73. The van der Waals surface area contributed by atoms with Gasteiger partial charge in [0.25, 0.3) is 23.6 Å². The van der Waals surface area contributed by atoms with Gasteiger partial charge in [-0.05, 0) is 38.5 Å². The van der Waals surface area contributed by atoms with Crippen molar-refractivity contribution in [1.29, 1.82) is 0 Å². The molecule has 116 valence electrons. The first-order valence-corrected chi connectivity index (χ1v) is 7.06. The number of nitrogens with zero attached hydrogens (tertiary/aromatic N) is 2. The van der Waals surface area contributed by atoms with Crippen LogP contribution in [0, 0.1) is 6.92 Å². The van der Waals surface area contributed by atoms with E-state index in [9.17, 15) is 19.2 Å². The van der Waals surface area contributed by atoms with Crippen LogP contribution in [0.3, 0.4) is 0 Å². The lowest BCUT2D eigenvalue weighted by atomic mass is 10.1. The van der Waals surface area contributed by atoms with Gasteiger partial charge >= 0.3 is 0 Å². The first kappa shape index (κ1) is 14.9. The van der Waals surface area contributed by atoms with Gasteiger partial charge in [-0.1, -0.05) is 6.07 Å². The molecule has 0 saturated carbocycles. The smallest absolute Gasteiger partial charge is 0.261 e. The molecule has 4 amide bonds. The van der Waals surface area contributed by atoms with Gasteiger partial charge in [-0.2, -0.15) is 0 Å². The van der Waals surface area contributed by atoms with E-state index >= 15 is 0 Å². The first-order valence-electron chi connectivity index (χ1n) is 7.06. The van der Waals surface area contributed by atoms with Crippen molar-refractivity contribution < 1.29 is 19.2 Å². The zero-order valence-corrected chi connectivity index (χ0v) is 12.9. The number of hydrogen-bond donors (Lipinski definition) is 0. The fraction of sp³-hybridized carbons (Fsp3) is 0.176. The quantitative estimate of drug-likeness (QED) is 0.778. The summed E-state index contributed by atoms with van der Waals surface area (Å²) in [6.45, 7) is 4.81. The predicted molar refractivity (Wildman–Crippen MR) is 83.7 cm³/mol. The molecule has 0 fully saturated rings. The Morgan fingerprint density at radius 2 is 1.09 bits per heavy atom. The summed E-state index contributed by atoms with van der Waals surface area (Å²) < 4.78 is 0. The Bertz CT molecular complexity index is 782. The summed E-state index contributed by atoms with van der Waals surface area (Å²) >= 11 is 0. The van der Waals surface area contributed by atoms with Crippen LogP contribution in [0.5, 0.6) is 0 Å². The van der Waals surface area contributed by atoms with Crippen molar-refractivity contribution in [1.82, 2.24) is 0 Å². The monoisotopic (exact) mass is 310 g/mol. The highest BCUT2D eigenvalue weighted by Crippen LogP contribution is 2.34. The number of imide groups is 2. The van der Waals surface area contributed by atoms with E-state index < -0.39 is 23.6 Å². The van der Waals surface area contributed by atoms with E-state index in [0.717, 1.165) is 9.80 Å². The van der Waals surface area contributed by atoms with E-state index in [1.54, 1.807) is 39.0 Å². The fourth-order valence-electron chi connectivity index (χ4n) is 2.73. The van der Waals surface area contributed by atoms with Gasteiger partial charge in [0.2, 0.25) is 0 Å². The van der Waals surface area contributed by atoms with Crippen molar-refractivity contribution >= 4 is 35.0 Å². The van der Waals surface area contributed by atoms with E-state index in [2.05, 4.69) is 0 Å². The molecule has 1 aromatic carbocycles. The largest absolute Gasteiger partial charge is 0.269 e. The van der Waals surface area contributed by atoms with Gasteiger partial charge < -0.3 is 0 Å². The van der Waals surface area contributed by atoms with Gasteiger partial charge in [0.15, 0.2) is 0 Å². The number of carbonyl (C=O) groups is 4. The van der Waals surface area contributed by atoms with Crippen LogP contribution in [-0.2, 0) is 19.2 Å². The first-order chi connectivity index (χ1) is 10.8. The minimum absolute atomic E-state index is 0.352. The second-order valence-electron chi connectivity index (χ2n) is 5.53. The molecule has 0 atom stereocenters. The summed E-state index contributed by atoms with van der Waals surface area (Å²) in [6.07, 6.45) is 2.54. The number of hydrogen-bond acceptors (Lipinski definition) is 4. The second kappa shape index (κ2) is 5.01. The molecule has 0 saturated heterocycles. The third-order valence-electron chi connectivity index (χ3n) is 3.96. The molecule has 23 heavy (non-hydrogen) atoms. The van der Waals surface area contributed by atoms with Gasteiger partial charge in [-0.15, -0.1) is 0 Å². The molecular formula is C17H14N2O4. The Kier molecular flexibility index (Phi) is 3.25. The van der Waals surface area contributed by atoms with Gasteiger partial charge in [0, 0.05) is 23.3 Å². The van der Waals surface area contributed by atoms with Crippen LogP contribution >= 0.6 is 0 Å². The third-order valence-corrected chi connectivity index (χ3v) is 3.96. The van der Waals surface area contributed by atoms with Crippen LogP contribution in [0.15, 0.2) is 41.5 Å². The van der Waals surface area contributed by atoms with E-state index in [1.807, 2.05) is 0 Å². The number of carbonyl (C=O) groups excluding carboxylic acids is 4. The highest BCUT2D eigenvalue weighted by atomic mass is 16.2.